The fraction of sp³-hybridized carbons (Fsp3) is 0.714. The maximum atomic E-state index is 13.7. The number of carbonyl (C=O) groups is 2. The minimum atomic E-state index is -0.600. The van der Waals surface area contributed by atoms with Gasteiger partial charge in [-0.15, -0.1) is 0 Å². The molecule has 2 saturated heterocycles. The molecule has 7 nitrogen and oxygen atoms in total. The molecule has 2 aliphatic heterocycles. The lowest BCUT2D eigenvalue weighted by molar-refractivity contribution is -0.135. The van der Waals surface area contributed by atoms with Gasteiger partial charge in [0.05, 0.1) is 0 Å². The zero-order valence-corrected chi connectivity index (χ0v) is 23.3. The van der Waals surface area contributed by atoms with Crippen LogP contribution in [0.15, 0.2) is 24.3 Å². The van der Waals surface area contributed by atoms with Gasteiger partial charge in [0, 0.05) is 62.2 Å². The van der Waals surface area contributed by atoms with Crippen molar-refractivity contribution in [2.75, 3.05) is 39.3 Å². The topological polar surface area (TPSA) is 81.9 Å². The van der Waals surface area contributed by atoms with Gasteiger partial charge >= 0.3 is 0 Å². The second kappa shape index (κ2) is 13.8. The number of halogens is 1. The van der Waals surface area contributed by atoms with E-state index in [0.29, 0.717) is 35.5 Å². The molecule has 202 valence electrons. The van der Waals surface area contributed by atoms with Crippen LogP contribution in [0.2, 0.25) is 5.02 Å². The molecular formula is C28H46ClN5O2. The van der Waals surface area contributed by atoms with Crippen molar-refractivity contribution < 1.29 is 9.59 Å². The van der Waals surface area contributed by atoms with Crippen LogP contribution in [-0.2, 0) is 16.0 Å². The van der Waals surface area contributed by atoms with Gasteiger partial charge in [0.25, 0.3) is 0 Å². The molecule has 2 fully saturated rings. The summed E-state index contributed by atoms with van der Waals surface area (Å²) in [7, 11) is 0. The van der Waals surface area contributed by atoms with Crippen molar-refractivity contribution in [1.82, 2.24) is 20.0 Å². The molecule has 0 aromatic heterocycles. The van der Waals surface area contributed by atoms with E-state index >= 15 is 0 Å². The van der Waals surface area contributed by atoms with Crippen LogP contribution in [0.25, 0.3) is 0 Å². The normalized spacial score (nSPS) is 20.5. The van der Waals surface area contributed by atoms with Crippen molar-refractivity contribution >= 4 is 23.4 Å². The molecule has 1 aromatic rings. The monoisotopic (exact) mass is 519 g/mol. The van der Waals surface area contributed by atoms with Crippen LogP contribution in [0.5, 0.6) is 0 Å². The zero-order chi connectivity index (χ0) is 26.2. The molecule has 3 N–H and O–H groups in total. The summed E-state index contributed by atoms with van der Waals surface area (Å²) < 4.78 is 0. The van der Waals surface area contributed by atoms with Crippen LogP contribution in [0.1, 0.15) is 58.9 Å². The number of hydrogen-bond acceptors (Lipinski definition) is 5. The summed E-state index contributed by atoms with van der Waals surface area (Å²) in [5.74, 6) is 0.391. The standard InChI is InChI=1S/C28H46ClN5O2/c1-20(2)18-34(24-10-14-32(15-11-24)21(3)4)25-12-16-33(19-25)28(36)26(31-27(35)9-13-30)17-22-5-7-23(29)8-6-22/h5-8,20-21,24-26H,9-19,30H2,1-4H3,(H,31,35)/t25-,26-/m1/s1. The Morgan fingerprint density at radius 1 is 1.06 bits per heavy atom. The second-order valence-electron chi connectivity index (χ2n) is 11.2. The Hall–Kier alpha value is -1.67. The van der Waals surface area contributed by atoms with Crippen molar-refractivity contribution in [3.05, 3.63) is 34.9 Å². The van der Waals surface area contributed by atoms with Crippen molar-refractivity contribution in [3.8, 4) is 0 Å². The number of nitrogens with two attached hydrogens (primary N) is 1. The van der Waals surface area contributed by atoms with Gasteiger partial charge in [-0.1, -0.05) is 37.6 Å². The Bertz CT molecular complexity index is 839. The minimum absolute atomic E-state index is 0.00283. The summed E-state index contributed by atoms with van der Waals surface area (Å²) in [4.78, 5) is 33.3. The van der Waals surface area contributed by atoms with Crippen LogP contribution >= 0.6 is 11.6 Å². The average molecular weight is 520 g/mol. The highest BCUT2D eigenvalue weighted by Gasteiger charge is 2.37. The molecule has 0 spiro atoms. The van der Waals surface area contributed by atoms with E-state index < -0.39 is 6.04 Å². The molecule has 2 heterocycles. The first-order valence-electron chi connectivity index (χ1n) is 13.7. The predicted octanol–water partition coefficient (Wildman–Crippen LogP) is 3.15. The molecule has 0 aliphatic carbocycles. The van der Waals surface area contributed by atoms with Gasteiger partial charge in [-0.2, -0.15) is 0 Å². The number of likely N-dealkylation sites (tertiary alicyclic amines) is 2. The van der Waals surface area contributed by atoms with Gasteiger partial charge in [0.2, 0.25) is 11.8 Å². The van der Waals surface area contributed by atoms with E-state index in [2.05, 4.69) is 42.8 Å². The van der Waals surface area contributed by atoms with Crippen molar-refractivity contribution in [1.29, 1.82) is 0 Å². The maximum absolute atomic E-state index is 13.7. The van der Waals surface area contributed by atoms with Gasteiger partial charge < -0.3 is 20.9 Å². The number of nitrogens with one attached hydrogen (secondary N) is 1. The van der Waals surface area contributed by atoms with E-state index in [1.54, 1.807) is 0 Å². The van der Waals surface area contributed by atoms with E-state index in [9.17, 15) is 9.59 Å². The van der Waals surface area contributed by atoms with Gasteiger partial charge in [-0.25, -0.2) is 0 Å². The van der Waals surface area contributed by atoms with Gasteiger partial charge in [0.15, 0.2) is 0 Å². The molecule has 2 aliphatic rings. The lowest BCUT2D eigenvalue weighted by atomic mass is 9.98. The third-order valence-corrected chi connectivity index (χ3v) is 7.83. The van der Waals surface area contributed by atoms with Crippen LogP contribution in [0.4, 0.5) is 0 Å². The van der Waals surface area contributed by atoms with Crippen molar-refractivity contribution in [3.63, 3.8) is 0 Å². The summed E-state index contributed by atoms with van der Waals surface area (Å²) in [6, 6.07) is 8.39. The molecule has 2 amide bonds. The number of piperidine rings is 1. The second-order valence-corrected chi connectivity index (χ2v) is 11.6. The Kier molecular flexibility index (Phi) is 11.0. The van der Waals surface area contributed by atoms with Crippen LogP contribution in [0, 0.1) is 5.92 Å². The molecule has 0 unspecified atom stereocenters. The molecular weight excluding hydrogens is 474 g/mol. The molecule has 0 radical (unpaired) electrons. The number of nitrogens with zero attached hydrogens (tertiary/aromatic N) is 3. The molecule has 36 heavy (non-hydrogen) atoms. The number of benzene rings is 1. The van der Waals surface area contributed by atoms with Crippen molar-refractivity contribution in [2.45, 2.75) is 84.0 Å². The average Bonchev–Trinajstić information content (AvgIpc) is 3.33. The number of carbonyl (C=O) groups excluding carboxylic acids is 2. The van der Waals surface area contributed by atoms with E-state index in [1.165, 1.54) is 12.8 Å². The van der Waals surface area contributed by atoms with E-state index in [1.807, 2.05) is 29.2 Å². The van der Waals surface area contributed by atoms with Gasteiger partial charge in [0.1, 0.15) is 6.04 Å². The van der Waals surface area contributed by atoms with Crippen LogP contribution < -0.4 is 11.1 Å². The fourth-order valence-electron chi connectivity index (χ4n) is 5.64. The highest BCUT2D eigenvalue weighted by atomic mass is 35.5. The quantitative estimate of drug-likeness (QED) is 0.469. The lowest BCUT2D eigenvalue weighted by Gasteiger charge is -2.43. The SMILES string of the molecule is CC(C)CN(C1CCN(C(C)C)CC1)[C@@H]1CCN(C(=O)[C@@H](Cc2ccc(Cl)cc2)NC(=O)CCN)C1. The van der Waals surface area contributed by atoms with Gasteiger partial charge in [-0.05, 0) is 69.8 Å². The number of amides is 2. The molecule has 0 saturated carbocycles. The van der Waals surface area contributed by atoms with Crippen molar-refractivity contribution in [2.24, 2.45) is 11.7 Å². The smallest absolute Gasteiger partial charge is 0.245 e. The third-order valence-electron chi connectivity index (χ3n) is 7.58. The van der Waals surface area contributed by atoms with E-state index in [0.717, 1.165) is 44.7 Å². The third kappa shape index (κ3) is 8.17. The van der Waals surface area contributed by atoms with Crippen LogP contribution in [-0.4, -0.2) is 89.9 Å². The first kappa shape index (κ1) is 28.9. The molecule has 2 atom stereocenters. The predicted molar refractivity (Wildman–Crippen MR) is 147 cm³/mol. The lowest BCUT2D eigenvalue weighted by Crippen LogP contribution is -2.53. The summed E-state index contributed by atoms with van der Waals surface area (Å²) in [5.41, 5.74) is 6.55. The summed E-state index contributed by atoms with van der Waals surface area (Å²) >= 11 is 6.04. The number of hydrogen-bond donors (Lipinski definition) is 2. The number of rotatable bonds is 11. The Labute approximate surface area is 222 Å². The first-order chi connectivity index (χ1) is 17.2. The Balaban J connectivity index is 1.68. The zero-order valence-electron chi connectivity index (χ0n) is 22.6. The highest BCUT2D eigenvalue weighted by Crippen LogP contribution is 2.26. The highest BCUT2D eigenvalue weighted by molar-refractivity contribution is 6.30. The summed E-state index contributed by atoms with van der Waals surface area (Å²) in [6.07, 6.45) is 4.00. The summed E-state index contributed by atoms with van der Waals surface area (Å²) in [6.45, 7) is 14.2. The fourth-order valence-corrected chi connectivity index (χ4v) is 5.76. The molecule has 3 rings (SSSR count). The van der Waals surface area contributed by atoms with E-state index in [4.69, 9.17) is 17.3 Å². The Morgan fingerprint density at radius 3 is 2.28 bits per heavy atom. The largest absolute Gasteiger partial charge is 0.344 e. The van der Waals surface area contributed by atoms with Gasteiger partial charge in [-0.3, -0.25) is 14.5 Å². The molecule has 8 heteroatoms. The Morgan fingerprint density at radius 2 is 1.69 bits per heavy atom. The summed E-state index contributed by atoms with van der Waals surface area (Å²) in [5, 5.41) is 3.60. The van der Waals surface area contributed by atoms with Crippen LogP contribution in [0.3, 0.4) is 0 Å². The maximum Gasteiger partial charge on any atom is 0.245 e. The molecule has 0 bridgehead atoms. The minimum Gasteiger partial charge on any atom is -0.344 e. The molecule has 1 aromatic carbocycles. The first-order valence-corrected chi connectivity index (χ1v) is 14.1. The van der Waals surface area contributed by atoms with E-state index in [-0.39, 0.29) is 24.8 Å².